The molecule has 1 N–H and O–H groups in total. The summed E-state index contributed by atoms with van der Waals surface area (Å²) in [4.78, 5) is 27.4. The van der Waals surface area contributed by atoms with E-state index in [0.29, 0.717) is 21.3 Å². The van der Waals surface area contributed by atoms with Crippen molar-refractivity contribution < 1.29 is 19.1 Å². The summed E-state index contributed by atoms with van der Waals surface area (Å²) in [5.41, 5.74) is 1.98. The van der Waals surface area contributed by atoms with Crippen LogP contribution in [0.1, 0.15) is 22.7 Å². The summed E-state index contributed by atoms with van der Waals surface area (Å²) >= 11 is 12.3. The van der Waals surface area contributed by atoms with Gasteiger partial charge in [-0.3, -0.25) is 14.5 Å². The topological polar surface area (TPSA) is 57.6 Å². The van der Waals surface area contributed by atoms with Crippen LogP contribution < -0.4 is 4.90 Å². The molecule has 0 spiro atoms. The molecule has 1 aliphatic heterocycles. The van der Waals surface area contributed by atoms with Crippen LogP contribution in [-0.4, -0.2) is 16.8 Å². The molecule has 0 saturated carbocycles. The molecule has 0 aliphatic carbocycles. The average molecular weight is 456 g/mol. The average Bonchev–Trinajstić information content (AvgIpc) is 2.98. The molecule has 1 aliphatic rings. The van der Waals surface area contributed by atoms with Crippen molar-refractivity contribution in [2.24, 2.45) is 0 Å². The number of carbonyl (C=O) groups excluding carboxylic acids is 2. The number of benzene rings is 3. The second-order valence-electron chi connectivity index (χ2n) is 7.22. The number of aryl methyl sites for hydroxylation is 1. The molecule has 156 valence electrons. The first-order valence-electron chi connectivity index (χ1n) is 9.36. The minimum atomic E-state index is -0.917. The van der Waals surface area contributed by atoms with Crippen LogP contribution in [-0.2, 0) is 9.59 Å². The van der Waals surface area contributed by atoms with Crippen molar-refractivity contribution in [3.63, 3.8) is 0 Å². The molecule has 7 heteroatoms. The fourth-order valence-electron chi connectivity index (χ4n) is 3.70. The van der Waals surface area contributed by atoms with E-state index in [2.05, 4.69) is 0 Å². The lowest BCUT2D eigenvalue weighted by Gasteiger charge is -2.26. The molecule has 0 bridgehead atoms. The third kappa shape index (κ3) is 3.94. The SMILES string of the molecule is Cc1cccc(C2/C(=C(\O)c3ccc(F)cc3)C(=O)C(=O)N2c2cc(Cl)cc(Cl)c2)c1. The molecule has 1 saturated heterocycles. The first-order chi connectivity index (χ1) is 14.8. The van der Waals surface area contributed by atoms with Crippen LogP contribution in [0.2, 0.25) is 10.0 Å². The monoisotopic (exact) mass is 455 g/mol. The predicted molar refractivity (Wildman–Crippen MR) is 119 cm³/mol. The summed E-state index contributed by atoms with van der Waals surface area (Å²) < 4.78 is 13.4. The standard InChI is InChI=1S/C24H16Cl2FNO3/c1-13-3-2-4-15(9-13)21-20(22(29)14-5-7-18(27)8-6-14)23(30)24(31)28(21)19-11-16(25)10-17(26)12-19/h2-12,21,29H,1H3/b22-20+. The minimum absolute atomic E-state index is 0.0988. The van der Waals surface area contributed by atoms with Crippen LogP contribution in [0.15, 0.2) is 72.3 Å². The highest BCUT2D eigenvalue weighted by Gasteiger charge is 2.47. The fourth-order valence-corrected chi connectivity index (χ4v) is 4.21. The van der Waals surface area contributed by atoms with Gasteiger partial charge < -0.3 is 5.11 Å². The van der Waals surface area contributed by atoms with Crippen molar-refractivity contribution in [2.45, 2.75) is 13.0 Å². The molecule has 1 unspecified atom stereocenters. The highest BCUT2D eigenvalue weighted by Crippen LogP contribution is 2.43. The summed E-state index contributed by atoms with van der Waals surface area (Å²) in [5.74, 6) is -2.56. The van der Waals surface area contributed by atoms with E-state index in [1.54, 1.807) is 12.1 Å². The van der Waals surface area contributed by atoms with Gasteiger partial charge >= 0.3 is 0 Å². The normalized spacial score (nSPS) is 17.9. The van der Waals surface area contributed by atoms with E-state index in [-0.39, 0.29) is 16.9 Å². The number of Topliss-reactive ketones (excluding diaryl/α,β-unsaturated/α-hetero) is 1. The highest BCUT2D eigenvalue weighted by atomic mass is 35.5. The zero-order valence-corrected chi connectivity index (χ0v) is 17.8. The van der Waals surface area contributed by atoms with Crippen molar-refractivity contribution in [3.05, 3.63) is 105 Å². The van der Waals surface area contributed by atoms with E-state index in [4.69, 9.17) is 23.2 Å². The maximum Gasteiger partial charge on any atom is 0.300 e. The lowest BCUT2D eigenvalue weighted by Crippen LogP contribution is -2.29. The van der Waals surface area contributed by atoms with Crippen LogP contribution in [0.5, 0.6) is 0 Å². The van der Waals surface area contributed by atoms with Gasteiger partial charge in [0.1, 0.15) is 11.6 Å². The van der Waals surface area contributed by atoms with E-state index in [1.165, 1.54) is 47.4 Å². The van der Waals surface area contributed by atoms with Crippen LogP contribution in [0, 0.1) is 12.7 Å². The molecule has 4 nitrogen and oxygen atoms in total. The summed E-state index contributed by atoms with van der Waals surface area (Å²) in [6.45, 7) is 1.88. The van der Waals surface area contributed by atoms with Gasteiger partial charge in [0.25, 0.3) is 11.7 Å². The number of ketones is 1. The maximum atomic E-state index is 13.4. The first kappa shape index (κ1) is 21.1. The Labute approximate surface area is 188 Å². The van der Waals surface area contributed by atoms with Gasteiger partial charge in [0.2, 0.25) is 0 Å². The lowest BCUT2D eigenvalue weighted by molar-refractivity contribution is -0.132. The second kappa shape index (κ2) is 8.17. The molecule has 1 atom stereocenters. The molecule has 3 aromatic rings. The maximum absolute atomic E-state index is 13.4. The molecular weight excluding hydrogens is 440 g/mol. The summed E-state index contributed by atoms with van der Waals surface area (Å²) in [7, 11) is 0. The van der Waals surface area contributed by atoms with Gasteiger partial charge in [-0.05, 0) is 55.0 Å². The Balaban J connectivity index is 1.97. The van der Waals surface area contributed by atoms with E-state index in [9.17, 15) is 19.1 Å². The van der Waals surface area contributed by atoms with Crippen LogP contribution in [0.25, 0.3) is 5.76 Å². The number of hydrogen-bond acceptors (Lipinski definition) is 3. The Morgan fingerprint density at radius 2 is 1.61 bits per heavy atom. The summed E-state index contributed by atoms with van der Waals surface area (Å²) in [5, 5.41) is 11.6. The number of hydrogen-bond donors (Lipinski definition) is 1. The zero-order valence-electron chi connectivity index (χ0n) is 16.3. The molecule has 31 heavy (non-hydrogen) atoms. The zero-order chi connectivity index (χ0) is 22.3. The van der Waals surface area contributed by atoms with Gasteiger partial charge in [0.15, 0.2) is 0 Å². The van der Waals surface area contributed by atoms with Crippen molar-refractivity contribution in [1.82, 2.24) is 0 Å². The largest absolute Gasteiger partial charge is 0.507 e. The number of aliphatic hydroxyl groups excluding tert-OH is 1. The number of anilines is 1. The van der Waals surface area contributed by atoms with Gasteiger partial charge in [0.05, 0.1) is 11.6 Å². The molecule has 0 radical (unpaired) electrons. The quantitative estimate of drug-likeness (QED) is 0.296. The van der Waals surface area contributed by atoms with Crippen molar-refractivity contribution in [3.8, 4) is 0 Å². The Morgan fingerprint density at radius 1 is 0.968 bits per heavy atom. The Kier molecular flexibility index (Phi) is 5.56. The first-order valence-corrected chi connectivity index (χ1v) is 10.1. The van der Waals surface area contributed by atoms with Crippen LogP contribution in [0.3, 0.4) is 0 Å². The lowest BCUT2D eigenvalue weighted by atomic mass is 9.94. The van der Waals surface area contributed by atoms with E-state index in [0.717, 1.165) is 5.56 Å². The van der Waals surface area contributed by atoms with Crippen LogP contribution in [0.4, 0.5) is 10.1 Å². The predicted octanol–water partition coefficient (Wildman–Crippen LogP) is 6.07. The molecule has 0 aromatic heterocycles. The van der Waals surface area contributed by atoms with Gasteiger partial charge in [0, 0.05) is 21.3 Å². The van der Waals surface area contributed by atoms with E-state index in [1.807, 2.05) is 19.1 Å². The highest BCUT2D eigenvalue weighted by molar-refractivity contribution is 6.52. The fraction of sp³-hybridized carbons (Fsp3) is 0.0833. The molecule has 3 aromatic carbocycles. The number of halogens is 3. The molecule has 4 rings (SSSR count). The number of nitrogens with zero attached hydrogens (tertiary/aromatic N) is 1. The summed E-state index contributed by atoms with van der Waals surface area (Å²) in [6, 6.07) is 16.0. The summed E-state index contributed by atoms with van der Waals surface area (Å²) in [6.07, 6.45) is 0. The van der Waals surface area contributed by atoms with Gasteiger partial charge in [-0.15, -0.1) is 0 Å². The number of carbonyl (C=O) groups is 2. The van der Waals surface area contributed by atoms with E-state index < -0.39 is 23.5 Å². The molecular formula is C24H16Cl2FNO3. The Hall–Kier alpha value is -3.15. The molecule has 1 heterocycles. The smallest absolute Gasteiger partial charge is 0.300 e. The Morgan fingerprint density at radius 3 is 2.23 bits per heavy atom. The number of amides is 1. The minimum Gasteiger partial charge on any atom is -0.507 e. The third-order valence-corrected chi connectivity index (χ3v) is 5.48. The second-order valence-corrected chi connectivity index (χ2v) is 8.09. The van der Waals surface area contributed by atoms with Crippen molar-refractivity contribution >= 4 is 46.3 Å². The Bertz CT molecular complexity index is 1220. The third-order valence-electron chi connectivity index (χ3n) is 5.05. The van der Waals surface area contributed by atoms with Crippen molar-refractivity contribution in [2.75, 3.05) is 4.90 Å². The number of aliphatic hydroxyl groups is 1. The number of rotatable bonds is 3. The molecule has 1 amide bonds. The van der Waals surface area contributed by atoms with Gasteiger partial charge in [-0.2, -0.15) is 0 Å². The molecule has 1 fully saturated rings. The van der Waals surface area contributed by atoms with Gasteiger partial charge in [-0.25, -0.2) is 4.39 Å². The van der Waals surface area contributed by atoms with E-state index >= 15 is 0 Å². The van der Waals surface area contributed by atoms with Crippen LogP contribution >= 0.6 is 23.2 Å². The van der Waals surface area contributed by atoms with Crippen molar-refractivity contribution in [1.29, 1.82) is 0 Å². The van der Waals surface area contributed by atoms with Gasteiger partial charge in [-0.1, -0.05) is 53.0 Å².